The van der Waals surface area contributed by atoms with Crippen LogP contribution in [0.5, 0.6) is 0 Å². The van der Waals surface area contributed by atoms with Crippen LogP contribution >= 0.6 is 19.5 Å². The van der Waals surface area contributed by atoms with Gasteiger partial charge in [-0.05, 0) is 23.8 Å². The Hall–Kier alpha value is -1.62. The summed E-state index contributed by atoms with van der Waals surface area (Å²) in [5.41, 5.74) is 0. The van der Waals surface area contributed by atoms with E-state index in [1.54, 1.807) is 0 Å². The number of hydrogen-bond acceptors (Lipinski definition) is 0. The molecule has 3 aromatic carbocycles. The van der Waals surface area contributed by atoms with Crippen LogP contribution < -0.4 is 15.9 Å². The summed E-state index contributed by atoms with van der Waals surface area (Å²) in [6.07, 6.45) is 0. The highest BCUT2D eigenvalue weighted by atomic mass is 35.5. The minimum absolute atomic E-state index is 0.446. The van der Waals surface area contributed by atoms with E-state index in [0.717, 1.165) is 5.88 Å². The molecule has 0 aliphatic carbocycles. The van der Waals surface area contributed by atoms with Crippen LogP contribution in [0, 0.1) is 0 Å². The van der Waals surface area contributed by atoms with Crippen molar-refractivity contribution in [2.24, 2.45) is 0 Å². The van der Waals surface area contributed by atoms with Gasteiger partial charge in [-0.25, -0.2) is 0 Å². The molecule has 0 saturated carbocycles. The van der Waals surface area contributed by atoms with Gasteiger partial charge in [-0.3, -0.25) is 0 Å². The molecule has 0 aliphatic rings. The normalized spacial score (nSPS) is 9.95. The summed E-state index contributed by atoms with van der Waals surface area (Å²) in [6.45, 7) is 1.89. The van der Waals surface area contributed by atoms with Crippen LogP contribution in [0.2, 0.25) is 0 Å². The first-order valence-corrected chi connectivity index (χ1v) is 9.25. The number of alkyl halides is 1. The lowest BCUT2D eigenvalue weighted by Crippen LogP contribution is -2.20. The SMILES string of the molecule is CCCl.c1ccc(P(c2ccccc2)c2ccccc2)cc1. The molecule has 22 heavy (non-hydrogen) atoms. The first-order chi connectivity index (χ1) is 10.9. The van der Waals surface area contributed by atoms with Gasteiger partial charge in [0.25, 0.3) is 0 Å². The van der Waals surface area contributed by atoms with Gasteiger partial charge in [-0.1, -0.05) is 97.9 Å². The fraction of sp³-hybridized carbons (Fsp3) is 0.100. The highest BCUT2D eigenvalue weighted by molar-refractivity contribution is 7.79. The maximum atomic E-state index is 5.00. The third-order valence-electron chi connectivity index (χ3n) is 3.04. The average molecular weight is 327 g/mol. The van der Waals surface area contributed by atoms with Gasteiger partial charge in [0.1, 0.15) is 0 Å². The molecule has 0 spiro atoms. The second kappa shape index (κ2) is 9.41. The van der Waals surface area contributed by atoms with Gasteiger partial charge in [0, 0.05) is 5.88 Å². The Balaban J connectivity index is 0.000000545. The second-order valence-electron chi connectivity index (χ2n) is 4.61. The molecule has 0 amide bonds. The van der Waals surface area contributed by atoms with Crippen LogP contribution in [0.25, 0.3) is 0 Å². The van der Waals surface area contributed by atoms with Crippen molar-refractivity contribution in [3.05, 3.63) is 91.0 Å². The van der Waals surface area contributed by atoms with Gasteiger partial charge in [0.15, 0.2) is 0 Å². The average Bonchev–Trinajstić information content (AvgIpc) is 2.59. The predicted molar refractivity (Wildman–Crippen MR) is 102 cm³/mol. The standard InChI is InChI=1S/C18H15P.C2H5Cl/c1-4-10-16(11-5-1)19(17-12-6-2-7-13-17)18-14-8-3-9-15-18;1-2-3/h1-15H;2H2,1H3. The molecule has 2 heteroatoms. The van der Waals surface area contributed by atoms with Crippen LogP contribution in [-0.2, 0) is 0 Å². The Labute approximate surface area is 139 Å². The molecule has 0 fully saturated rings. The number of rotatable bonds is 3. The van der Waals surface area contributed by atoms with Crippen molar-refractivity contribution in [3.8, 4) is 0 Å². The minimum atomic E-state index is -0.446. The molecule has 0 saturated heterocycles. The second-order valence-corrected chi connectivity index (χ2v) is 7.36. The summed E-state index contributed by atoms with van der Waals surface area (Å²) in [5, 5.41) is 4.19. The summed E-state index contributed by atoms with van der Waals surface area (Å²) < 4.78 is 0. The van der Waals surface area contributed by atoms with Crippen LogP contribution in [0.15, 0.2) is 91.0 Å². The van der Waals surface area contributed by atoms with Gasteiger partial charge >= 0.3 is 0 Å². The maximum absolute atomic E-state index is 5.00. The lowest BCUT2D eigenvalue weighted by Gasteiger charge is -2.18. The molecule has 0 atom stereocenters. The van der Waals surface area contributed by atoms with E-state index < -0.39 is 7.92 Å². The molecule has 0 bridgehead atoms. The maximum Gasteiger partial charge on any atom is 0.0195 e. The number of halogens is 1. The van der Waals surface area contributed by atoms with Crippen molar-refractivity contribution in [3.63, 3.8) is 0 Å². The summed E-state index contributed by atoms with van der Waals surface area (Å²) in [4.78, 5) is 0. The van der Waals surface area contributed by atoms with Crippen LogP contribution in [-0.4, -0.2) is 5.88 Å². The summed E-state index contributed by atoms with van der Waals surface area (Å²) in [6, 6.07) is 32.3. The van der Waals surface area contributed by atoms with Crippen molar-refractivity contribution in [2.45, 2.75) is 6.92 Å². The molecule has 0 radical (unpaired) electrons. The lowest BCUT2D eigenvalue weighted by atomic mass is 10.4. The third-order valence-corrected chi connectivity index (χ3v) is 5.49. The van der Waals surface area contributed by atoms with E-state index >= 15 is 0 Å². The quantitative estimate of drug-likeness (QED) is 0.484. The molecule has 3 rings (SSSR count). The topological polar surface area (TPSA) is 0 Å². The van der Waals surface area contributed by atoms with Crippen LogP contribution in [0.1, 0.15) is 6.92 Å². The number of hydrogen-bond donors (Lipinski definition) is 0. The zero-order valence-corrected chi connectivity index (χ0v) is 14.3. The molecule has 0 heterocycles. The van der Waals surface area contributed by atoms with Crippen LogP contribution in [0.4, 0.5) is 0 Å². The molecule has 0 aliphatic heterocycles. The number of benzene rings is 3. The zero-order valence-electron chi connectivity index (χ0n) is 12.7. The van der Waals surface area contributed by atoms with Gasteiger partial charge in [-0.15, -0.1) is 11.6 Å². The first kappa shape index (κ1) is 16.7. The fourth-order valence-corrected chi connectivity index (χ4v) is 4.48. The predicted octanol–water partition coefficient (Wildman–Crippen LogP) is 4.69. The molecule has 0 N–H and O–H groups in total. The van der Waals surface area contributed by atoms with E-state index in [4.69, 9.17) is 11.6 Å². The largest absolute Gasteiger partial charge is 0.127 e. The third kappa shape index (κ3) is 4.70. The highest BCUT2D eigenvalue weighted by Gasteiger charge is 2.14. The monoisotopic (exact) mass is 326 g/mol. The van der Waals surface area contributed by atoms with Crippen molar-refractivity contribution >= 4 is 35.4 Å². The van der Waals surface area contributed by atoms with E-state index in [9.17, 15) is 0 Å². The van der Waals surface area contributed by atoms with Crippen molar-refractivity contribution in [1.82, 2.24) is 0 Å². The summed E-state index contributed by atoms with van der Waals surface area (Å²) in [5.74, 6) is 0.722. The molecule has 112 valence electrons. The van der Waals surface area contributed by atoms with E-state index in [-0.39, 0.29) is 0 Å². The summed E-state index contributed by atoms with van der Waals surface area (Å²) >= 11 is 5.00. The Kier molecular flexibility index (Phi) is 7.16. The minimum Gasteiger partial charge on any atom is -0.127 e. The Bertz CT molecular complexity index is 544. The highest BCUT2D eigenvalue weighted by Crippen LogP contribution is 2.32. The Morgan fingerprint density at radius 3 is 1.05 bits per heavy atom. The van der Waals surface area contributed by atoms with Gasteiger partial charge in [0.05, 0.1) is 0 Å². The molecule has 3 aromatic rings. The Morgan fingerprint density at radius 1 is 0.591 bits per heavy atom. The van der Waals surface area contributed by atoms with E-state index in [1.807, 2.05) is 6.92 Å². The molecule has 0 aromatic heterocycles. The van der Waals surface area contributed by atoms with Crippen molar-refractivity contribution in [1.29, 1.82) is 0 Å². The molecular weight excluding hydrogens is 307 g/mol. The first-order valence-electron chi connectivity index (χ1n) is 7.38. The smallest absolute Gasteiger partial charge is 0.0195 e. The Morgan fingerprint density at radius 2 is 0.818 bits per heavy atom. The van der Waals surface area contributed by atoms with Gasteiger partial charge in [0.2, 0.25) is 0 Å². The zero-order chi connectivity index (χ0) is 15.6. The van der Waals surface area contributed by atoms with Crippen molar-refractivity contribution in [2.75, 3.05) is 5.88 Å². The van der Waals surface area contributed by atoms with Gasteiger partial charge in [-0.2, -0.15) is 0 Å². The van der Waals surface area contributed by atoms with E-state index in [0.29, 0.717) is 0 Å². The fourth-order valence-electron chi connectivity index (χ4n) is 2.18. The lowest BCUT2D eigenvalue weighted by molar-refractivity contribution is 1.51. The van der Waals surface area contributed by atoms with E-state index in [1.165, 1.54) is 15.9 Å². The van der Waals surface area contributed by atoms with Gasteiger partial charge < -0.3 is 0 Å². The summed E-state index contributed by atoms with van der Waals surface area (Å²) in [7, 11) is -0.446. The molecule has 0 unspecified atom stereocenters. The molecule has 0 nitrogen and oxygen atoms in total. The van der Waals surface area contributed by atoms with Crippen molar-refractivity contribution < 1.29 is 0 Å². The van der Waals surface area contributed by atoms with Crippen LogP contribution in [0.3, 0.4) is 0 Å². The van der Waals surface area contributed by atoms with E-state index in [2.05, 4.69) is 91.0 Å². The molecular formula is C20H20ClP.